The number of nitrogens with one attached hydrogen (secondary N) is 1. The second-order valence-electron chi connectivity index (χ2n) is 5.35. The predicted octanol–water partition coefficient (Wildman–Crippen LogP) is 1.74. The Morgan fingerprint density at radius 1 is 1.22 bits per heavy atom. The lowest BCUT2D eigenvalue weighted by atomic mass is 9.94. The van der Waals surface area contributed by atoms with Gasteiger partial charge in [-0.15, -0.1) is 0 Å². The third-order valence-corrected chi connectivity index (χ3v) is 3.62. The molecule has 0 saturated heterocycles. The van der Waals surface area contributed by atoms with Crippen LogP contribution in [0.3, 0.4) is 0 Å². The van der Waals surface area contributed by atoms with E-state index in [2.05, 4.69) is 17.3 Å². The minimum atomic E-state index is -0.150. The maximum absolute atomic E-state index is 11.3. The van der Waals surface area contributed by atoms with Gasteiger partial charge >= 0.3 is 0 Å². The highest BCUT2D eigenvalue weighted by molar-refractivity contribution is 5.96. The quantitative estimate of drug-likeness (QED) is 0.556. The molecule has 1 N–H and O–H groups in total. The van der Waals surface area contributed by atoms with Crippen LogP contribution < -0.4 is 5.32 Å². The first-order chi connectivity index (χ1) is 8.59. The summed E-state index contributed by atoms with van der Waals surface area (Å²) in [5.41, 5.74) is 0. The fourth-order valence-electron chi connectivity index (χ4n) is 2.55. The molecular weight excluding hydrogens is 228 g/mol. The van der Waals surface area contributed by atoms with Gasteiger partial charge in [-0.1, -0.05) is 19.3 Å². The lowest BCUT2D eigenvalue weighted by Crippen LogP contribution is -2.36. The van der Waals surface area contributed by atoms with Crippen molar-refractivity contribution in [3.63, 3.8) is 0 Å². The lowest BCUT2D eigenvalue weighted by Gasteiger charge is -2.31. The molecule has 1 aliphatic carbocycles. The Balaban J connectivity index is 2.06. The van der Waals surface area contributed by atoms with Gasteiger partial charge < -0.3 is 10.2 Å². The van der Waals surface area contributed by atoms with Crippen molar-refractivity contribution in [3.05, 3.63) is 0 Å². The summed E-state index contributed by atoms with van der Waals surface area (Å²) in [7, 11) is 2.17. The molecule has 0 aromatic heterocycles. The Morgan fingerprint density at radius 2 is 1.89 bits per heavy atom. The average Bonchev–Trinajstić information content (AvgIpc) is 2.34. The van der Waals surface area contributed by atoms with Crippen LogP contribution in [-0.2, 0) is 9.59 Å². The Bertz CT molecular complexity index is 273. The van der Waals surface area contributed by atoms with Gasteiger partial charge in [0, 0.05) is 12.6 Å². The van der Waals surface area contributed by atoms with Gasteiger partial charge in [0.25, 0.3) is 0 Å². The van der Waals surface area contributed by atoms with Crippen LogP contribution in [0.2, 0.25) is 0 Å². The van der Waals surface area contributed by atoms with E-state index in [1.165, 1.54) is 39.0 Å². The number of rotatable bonds is 7. The Labute approximate surface area is 110 Å². The van der Waals surface area contributed by atoms with E-state index < -0.39 is 0 Å². The van der Waals surface area contributed by atoms with Gasteiger partial charge in [-0.3, -0.25) is 9.59 Å². The van der Waals surface area contributed by atoms with E-state index in [1.54, 1.807) is 0 Å². The summed E-state index contributed by atoms with van der Waals surface area (Å²) in [6, 6.07) is 0.728. The number of carbonyl (C=O) groups excluding carboxylic acids is 2. The van der Waals surface area contributed by atoms with Crippen LogP contribution >= 0.6 is 0 Å². The summed E-state index contributed by atoms with van der Waals surface area (Å²) in [4.78, 5) is 24.4. The summed E-state index contributed by atoms with van der Waals surface area (Å²) in [6.45, 7) is 3.13. The Hall–Kier alpha value is -0.900. The smallest absolute Gasteiger partial charge is 0.227 e. The van der Waals surface area contributed by atoms with Crippen LogP contribution in [0.15, 0.2) is 0 Å². The third kappa shape index (κ3) is 6.15. The van der Waals surface area contributed by atoms with Gasteiger partial charge in [-0.25, -0.2) is 0 Å². The first-order valence-electron chi connectivity index (χ1n) is 7.06. The van der Waals surface area contributed by atoms with E-state index in [0.717, 1.165) is 19.0 Å². The van der Waals surface area contributed by atoms with E-state index in [-0.39, 0.29) is 18.1 Å². The molecule has 0 spiro atoms. The number of hydrogen-bond acceptors (Lipinski definition) is 3. The molecule has 0 aliphatic heterocycles. The zero-order valence-electron chi connectivity index (χ0n) is 11.7. The molecule has 0 radical (unpaired) electrons. The van der Waals surface area contributed by atoms with Gasteiger partial charge in [0.2, 0.25) is 5.91 Å². The molecule has 0 heterocycles. The topological polar surface area (TPSA) is 49.4 Å². The largest absolute Gasteiger partial charge is 0.356 e. The van der Waals surface area contributed by atoms with Crippen molar-refractivity contribution < 1.29 is 9.59 Å². The molecule has 18 heavy (non-hydrogen) atoms. The van der Waals surface area contributed by atoms with Gasteiger partial charge in [0.15, 0.2) is 0 Å². The van der Waals surface area contributed by atoms with E-state index in [0.29, 0.717) is 6.54 Å². The van der Waals surface area contributed by atoms with Crippen molar-refractivity contribution in [2.45, 2.75) is 57.9 Å². The highest BCUT2D eigenvalue weighted by atomic mass is 16.2. The molecule has 0 aromatic rings. The Morgan fingerprint density at radius 3 is 2.50 bits per heavy atom. The number of amides is 1. The lowest BCUT2D eigenvalue weighted by molar-refractivity contribution is -0.127. The van der Waals surface area contributed by atoms with Crippen LogP contribution in [-0.4, -0.2) is 42.8 Å². The van der Waals surface area contributed by atoms with E-state index in [4.69, 9.17) is 0 Å². The zero-order valence-corrected chi connectivity index (χ0v) is 11.7. The molecule has 0 aromatic carbocycles. The third-order valence-electron chi connectivity index (χ3n) is 3.62. The number of nitrogens with zero attached hydrogens (tertiary/aromatic N) is 1. The minimum Gasteiger partial charge on any atom is -0.356 e. The zero-order chi connectivity index (χ0) is 13.4. The molecule has 1 fully saturated rings. The molecule has 4 nitrogen and oxygen atoms in total. The minimum absolute atomic E-state index is 0.0124. The molecule has 4 heteroatoms. The van der Waals surface area contributed by atoms with Crippen molar-refractivity contribution in [2.75, 3.05) is 20.1 Å². The van der Waals surface area contributed by atoms with Crippen LogP contribution in [0.25, 0.3) is 0 Å². The van der Waals surface area contributed by atoms with Gasteiger partial charge in [0.05, 0.1) is 6.42 Å². The maximum Gasteiger partial charge on any atom is 0.227 e. The molecule has 104 valence electrons. The standard InChI is InChI=1S/C14H26N2O2/c1-12(17)11-14(18)15-9-6-10-16(2)13-7-4-3-5-8-13/h13H,3-11H2,1-2H3,(H,15,18). The summed E-state index contributed by atoms with van der Waals surface area (Å²) in [6.07, 6.45) is 7.68. The summed E-state index contributed by atoms with van der Waals surface area (Å²) < 4.78 is 0. The van der Waals surface area contributed by atoms with Gasteiger partial charge in [-0.05, 0) is 39.8 Å². The molecule has 0 bridgehead atoms. The van der Waals surface area contributed by atoms with Crippen molar-refractivity contribution >= 4 is 11.7 Å². The molecule has 1 rings (SSSR count). The van der Waals surface area contributed by atoms with E-state index >= 15 is 0 Å². The van der Waals surface area contributed by atoms with Crippen LogP contribution in [0.4, 0.5) is 0 Å². The number of hydrogen-bond donors (Lipinski definition) is 1. The normalized spacial score (nSPS) is 16.8. The predicted molar refractivity (Wildman–Crippen MR) is 72.4 cm³/mol. The average molecular weight is 254 g/mol. The van der Waals surface area contributed by atoms with E-state index in [1.807, 2.05) is 0 Å². The maximum atomic E-state index is 11.3. The Kier molecular flexibility index (Phi) is 6.94. The van der Waals surface area contributed by atoms with Crippen molar-refractivity contribution in [1.29, 1.82) is 0 Å². The van der Waals surface area contributed by atoms with Crippen LogP contribution in [0, 0.1) is 0 Å². The summed E-state index contributed by atoms with van der Waals surface area (Å²) >= 11 is 0. The molecular formula is C14H26N2O2. The van der Waals surface area contributed by atoms with Crippen molar-refractivity contribution in [2.24, 2.45) is 0 Å². The molecule has 0 unspecified atom stereocenters. The second-order valence-corrected chi connectivity index (χ2v) is 5.35. The van der Waals surface area contributed by atoms with Crippen LogP contribution in [0.1, 0.15) is 51.9 Å². The second kappa shape index (κ2) is 8.25. The van der Waals surface area contributed by atoms with Crippen LogP contribution in [0.5, 0.6) is 0 Å². The molecule has 0 atom stereocenters. The van der Waals surface area contributed by atoms with E-state index in [9.17, 15) is 9.59 Å². The highest BCUT2D eigenvalue weighted by Gasteiger charge is 2.17. The van der Waals surface area contributed by atoms with Crippen molar-refractivity contribution in [3.8, 4) is 0 Å². The van der Waals surface area contributed by atoms with Gasteiger partial charge in [-0.2, -0.15) is 0 Å². The fourth-order valence-corrected chi connectivity index (χ4v) is 2.55. The molecule has 1 saturated carbocycles. The first kappa shape index (κ1) is 15.2. The molecule has 1 amide bonds. The number of ketones is 1. The number of Topliss-reactive ketones (excluding diaryl/α,β-unsaturated/α-hetero) is 1. The highest BCUT2D eigenvalue weighted by Crippen LogP contribution is 2.21. The summed E-state index contributed by atoms with van der Waals surface area (Å²) in [5, 5.41) is 2.79. The first-order valence-corrected chi connectivity index (χ1v) is 7.06. The fraction of sp³-hybridized carbons (Fsp3) is 0.857. The van der Waals surface area contributed by atoms with Gasteiger partial charge in [0.1, 0.15) is 5.78 Å². The monoisotopic (exact) mass is 254 g/mol. The summed E-state index contributed by atoms with van der Waals surface area (Å²) in [5.74, 6) is -0.227. The SMILES string of the molecule is CC(=O)CC(=O)NCCCN(C)C1CCCCC1. The van der Waals surface area contributed by atoms with Crippen molar-refractivity contribution in [1.82, 2.24) is 10.2 Å². The molecule has 1 aliphatic rings. The number of carbonyl (C=O) groups is 2.